The first-order valence-corrected chi connectivity index (χ1v) is 9.22. The fourth-order valence-electron chi connectivity index (χ4n) is 3.25. The number of hydrogen-bond donors (Lipinski definition) is 1. The molecule has 0 aliphatic carbocycles. The van der Waals surface area contributed by atoms with Crippen LogP contribution in [0.1, 0.15) is 11.1 Å². The monoisotopic (exact) mass is 390 g/mol. The fourth-order valence-corrected chi connectivity index (χ4v) is 3.25. The summed E-state index contributed by atoms with van der Waals surface area (Å²) in [6, 6.07) is 15.5. The van der Waals surface area contributed by atoms with E-state index in [0.717, 1.165) is 28.1 Å². The minimum absolute atomic E-state index is 0.159. The highest BCUT2D eigenvalue weighted by Gasteiger charge is 2.25. The molecule has 148 valence electrons. The van der Waals surface area contributed by atoms with Crippen LogP contribution in [0.3, 0.4) is 0 Å². The van der Waals surface area contributed by atoms with E-state index in [2.05, 4.69) is 4.98 Å². The SMILES string of the molecule is COc1ccc(-c2nccc(N(C3=COCO3)c3c(C)cccc3CN)n2)cc1. The van der Waals surface area contributed by atoms with Gasteiger partial charge in [0, 0.05) is 18.3 Å². The summed E-state index contributed by atoms with van der Waals surface area (Å²) in [7, 11) is 1.64. The maximum Gasteiger partial charge on any atom is 0.238 e. The molecule has 0 fully saturated rings. The van der Waals surface area contributed by atoms with Gasteiger partial charge in [0.15, 0.2) is 5.82 Å². The molecule has 0 bridgehead atoms. The van der Waals surface area contributed by atoms with Crippen molar-refractivity contribution < 1.29 is 14.2 Å². The molecule has 4 rings (SSSR count). The third-order valence-corrected chi connectivity index (χ3v) is 4.66. The molecule has 1 aliphatic rings. The smallest absolute Gasteiger partial charge is 0.238 e. The third-order valence-electron chi connectivity index (χ3n) is 4.66. The first-order chi connectivity index (χ1) is 14.2. The Morgan fingerprint density at radius 1 is 1.14 bits per heavy atom. The number of aryl methyl sites for hydroxylation is 1. The molecule has 0 spiro atoms. The molecule has 2 N–H and O–H groups in total. The number of methoxy groups -OCH3 is 1. The first kappa shape index (κ1) is 18.8. The topological polar surface area (TPSA) is 82.7 Å². The summed E-state index contributed by atoms with van der Waals surface area (Å²) >= 11 is 0. The molecule has 0 amide bonds. The van der Waals surface area contributed by atoms with Gasteiger partial charge in [0.05, 0.1) is 12.8 Å². The first-order valence-electron chi connectivity index (χ1n) is 9.22. The predicted octanol–water partition coefficient (Wildman–Crippen LogP) is 3.86. The van der Waals surface area contributed by atoms with E-state index in [4.69, 9.17) is 24.9 Å². The van der Waals surface area contributed by atoms with Gasteiger partial charge in [-0.05, 0) is 48.4 Å². The molecule has 0 unspecified atom stereocenters. The van der Waals surface area contributed by atoms with Crippen molar-refractivity contribution in [1.29, 1.82) is 0 Å². The van der Waals surface area contributed by atoms with E-state index >= 15 is 0 Å². The Balaban J connectivity index is 1.82. The molecule has 7 nitrogen and oxygen atoms in total. The molecule has 1 aliphatic heterocycles. The summed E-state index contributed by atoms with van der Waals surface area (Å²) < 4.78 is 16.3. The standard InChI is InChI=1S/C22H22N4O3/c1-15-4-3-5-17(12-23)21(15)26(20-13-28-14-29-20)19-10-11-24-22(25-19)16-6-8-18(27-2)9-7-16/h3-11,13H,12,14,23H2,1-2H3. The zero-order valence-electron chi connectivity index (χ0n) is 16.3. The largest absolute Gasteiger partial charge is 0.497 e. The van der Waals surface area contributed by atoms with Crippen molar-refractivity contribution in [2.45, 2.75) is 13.5 Å². The van der Waals surface area contributed by atoms with E-state index in [-0.39, 0.29) is 6.79 Å². The van der Waals surface area contributed by atoms with Crippen LogP contribution < -0.4 is 15.4 Å². The Kier molecular flexibility index (Phi) is 5.31. The Morgan fingerprint density at radius 2 is 1.97 bits per heavy atom. The van der Waals surface area contributed by atoms with Crippen molar-refractivity contribution in [3.8, 4) is 17.1 Å². The van der Waals surface area contributed by atoms with Gasteiger partial charge in [0.25, 0.3) is 0 Å². The van der Waals surface area contributed by atoms with Gasteiger partial charge < -0.3 is 19.9 Å². The van der Waals surface area contributed by atoms with E-state index in [9.17, 15) is 0 Å². The van der Waals surface area contributed by atoms with Crippen molar-refractivity contribution in [2.75, 3.05) is 18.8 Å². The molecule has 1 aromatic heterocycles. The molecule has 29 heavy (non-hydrogen) atoms. The number of para-hydroxylation sites is 1. The van der Waals surface area contributed by atoms with E-state index < -0.39 is 0 Å². The number of benzene rings is 2. The summed E-state index contributed by atoms with van der Waals surface area (Å²) in [4.78, 5) is 11.1. The van der Waals surface area contributed by atoms with Crippen LogP contribution in [0, 0.1) is 6.92 Å². The summed E-state index contributed by atoms with van der Waals surface area (Å²) in [5.41, 5.74) is 9.85. The number of aromatic nitrogens is 2. The van der Waals surface area contributed by atoms with E-state index in [0.29, 0.717) is 24.1 Å². The van der Waals surface area contributed by atoms with E-state index in [1.54, 1.807) is 19.6 Å². The zero-order chi connectivity index (χ0) is 20.2. The maximum absolute atomic E-state index is 6.02. The predicted molar refractivity (Wildman–Crippen MR) is 110 cm³/mol. The lowest BCUT2D eigenvalue weighted by atomic mass is 10.1. The highest BCUT2D eigenvalue weighted by atomic mass is 16.7. The van der Waals surface area contributed by atoms with Crippen LogP contribution >= 0.6 is 0 Å². The van der Waals surface area contributed by atoms with Crippen molar-refractivity contribution in [3.05, 3.63) is 78.0 Å². The van der Waals surface area contributed by atoms with Gasteiger partial charge in [-0.1, -0.05) is 18.2 Å². The van der Waals surface area contributed by atoms with Gasteiger partial charge in [0.1, 0.15) is 17.8 Å². The number of anilines is 2. The highest BCUT2D eigenvalue weighted by Crippen LogP contribution is 2.36. The molecule has 2 heterocycles. The van der Waals surface area contributed by atoms with Crippen LogP contribution in [-0.4, -0.2) is 23.9 Å². The molecular weight excluding hydrogens is 368 g/mol. The van der Waals surface area contributed by atoms with Crippen molar-refractivity contribution in [1.82, 2.24) is 9.97 Å². The Labute approximate surface area is 169 Å². The molecule has 7 heteroatoms. The van der Waals surface area contributed by atoms with Crippen LogP contribution in [0.4, 0.5) is 11.5 Å². The van der Waals surface area contributed by atoms with Gasteiger partial charge in [-0.15, -0.1) is 0 Å². The van der Waals surface area contributed by atoms with Crippen molar-refractivity contribution >= 4 is 11.5 Å². The van der Waals surface area contributed by atoms with Crippen LogP contribution in [0.5, 0.6) is 5.75 Å². The quantitative estimate of drug-likeness (QED) is 0.684. The lowest BCUT2D eigenvalue weighted by Gasteiger charge is -2.27. The average molecular weight is 390 g/mol. The van der Waals surface area contributed by atoms with Gasteiger partial charge in [-0.25, -0.2) is 9.97 Å². The minimum atomic E-state index is 0.159. The molecule has 0 atom stereocenters. The number of nitrogens with zero attached hydrogens (tertiary/aromatic N) is 3. The Bertz CT molecular complexity index is 1030. The van der Waals surface area contributed by atoms with Gasteiger partial charge in [-0.3, -0.25) is 4.90 Å². The van der Waals surface area contributed by atoms with Gasteiger partial charge >= 0.3 is 0 Å². The van der Waals surface area contributed by atoms with E-state index in [1.165, 1.54) is 0 Å². The molecule has 0 saturated carbocycles. The molecule has 0 saturated heterocycles. The van der Waals surface area contributed by atoms with Crippen LogP contribution in [0.15, 0.2) is 66.9 Å². The van der Waals surface area contributed by atoms with Crippen molar-refractivity contribution in [3.63, 3.8) is 0 Å². The van der Waals surface area contributed by atoms with Gasteiger partial charge in [0.2, 0.25) is 12.7 Å². The second kappa shape index (κ2) is 8.20. The molecule has 2 aromatic carbocycles. The average Bonchev–Trinajstić information content (AvgIpc) is 3.30. The molecule has 0 radical (unpaired) electrons. The van der Waals surface area contributed by atoms with Gasteiger partial charge in [-0.2, -0.15) is 0 Å². The fraction of sp³-hybridized carbons (Fsp3) is 0.182. The Morgan fingerprint density at radius 3 is 2.66 bits per heavy atom. The summed E-state index contributed by atoms with van der Waals surface area (Å²) in [5, 5.41) is 0. The molecule has 3 aromatic rings. The summed E-state index contributed by atoms with van der Waals surface area (Å²) in [5.74, 6) is 2.58. The summed E-state index contributed by atoms with van der Waals surface area (Å²) in [6.07, 6.45) is 3.31. The zero-order valence-corrected chi connectivity index (χ0v) is 16.3. The number of hydrogen-bond acceptors (Lipinski definition) is 7. The number of rotatable bonds is 6. The molecular formula is C22H22N4O3. The maximum atomic E-state index is 6.02. The number of ether oxygens (including phenoxy) is 3. The lowest BCUT2D eigenvalue weighted by molar-refractivity contribution is 0.0797. The normalized spacial score (nSPS) is 12.7. The second-order valence-corrected chi connectivity index (χ2v) is 6.47. The second-order valence-electron chi connectivity index (χ2n) is 6.47. The lowest BCUT2D eigenvalue weighted by Crippen LogP contribution is -2.21. The number of nitrogens with two attached hydrogens (primary N) is 1. The minimum Gasteiger partial charge on any atom is -0.497 e. The Hall–Kier alpha value is -3.58. The van der Waals surface area contributed by atoms with Crippen LogP contribution in [0.25, 0.3) is 11.4 Å². The van der Waals surface area contributed by atoms with Crippen molar-refractivity contribution in [2.24, 2.45) is 5.73 Å². The summed E-state index contributed by atoms with van der Waals surface area (Å²) in [6.45, 7) is 2.58. The highest BCUT2D eigenvalue weighted by molar-refractivity contribution is 5.72. The van der Waals surface area contributed by atoms with Crippen LogP contribution in [0.2, 0.25) is 0 Å². The van der Waals surface area contributed by atoms with Crippen LogP contribution in [-0.2, 0) is 16.0 Å². The third kappa shape index (κ3) is 3.72. The van der Waals surface area contributed by atoms with E-state index in [1.807, 2.05) is 60.4 Å².